The minimum atomic E-state index is -3.69. The van der Waals surface area contributed by atoms with Crippen molar-refractivity contribution in [2.24, 2.45) is 0 Å². The first-order valence-electron chi connectivity index (χ1n) is 6.63. The van der Waals surface area contributed by atoms with E-state index in [1.807, 2.05) is 13.0 Å². The van der Waals surface area contributed by atoms with E-state index in [0.29, 0.717) is 6.54 Å². The molecular weight excluding hydrogens is 288 g/mol. The second kappa shape index (κ2) is 6.64. The van der Waals surface area contributed by atoms with Gasteiger partial charge in [-0.1, -0.05) is 19.1 Å². The van der Waals surface area contributed by atoms with Crippen molar-refractivity contribution in [2.75, 3.05) is 11.3 Å². The molecule has 2 aromatic rings. The van der Waals surface area contributed by atoms with Crippen molar-refractivity contribution < 1.29 is 8.42 Å². The van der Waals surface area contributed by atoms with E-state index in [-0.39, 0.29) is 10.8 Å². The van der Waals surface area contributed by atoms with Gasteiger partial charge in [-0.25, -0.2) is 23.1 Å². The standard InChI is InChI=1S/C14H18N4O2S/c1-3-15-10-12-6-4-7-13(11(12)2)21(19,20)18-14-16-8-5-9-17-14/h4-9,15H,3,10H2,1-2H3,(H,16,17,18). The van der Waals surface area contributed by atoms with Crippen LogP contribution in [0.1, 0.15) is 18.1 Å². The number of nitrogens with one attached hydrogen (secondary N) is 2. The molecule has 0 radical (unpaired) electrons. The van der Waals surface area contributed by atoms with Gasteiger partial charge in [-0.2, -0.15) is 0 Å². The third-order valence-corrected chi connectivity index (χ3v) is 4.52. The lowest BCUT2D eigenvalue weighted by Crippen LogP contribution is -2.18. The summed E-state index contributed by atoms with van der Waals surface area (Å²) < 4.78 is 27.3. The molecule has 0 unspecified atom stereocenters. The molecule has 1 heterocycles. The van der Waals surface area contributed by atoms with Gasteiger partial charge in [0.15, 0.2) is 0 Å². The molecule has 2 rings (SSSR count). The number of benzene rings is 1. The predicted molar refractivity (Wildman–Crippen MR) is 81.4 cm³/mol. The quantitative estimate of drug-likeness (QED) is 0.848. The van der Waals surface area contributed by atoms with E-state index in [2.05, 4.69) is 20.0 Å². The van der Waals surface area contributed by atoms with Gasteiger partial charge in [0.1, 0.15) is 0 Å². The summed E-state index contributed by atoms with van der Waals surface area (Å²) in [6.07, 6.45) is 2.97. The number of rotatable bonds is 6. The van der Waals surface area contributed by atoms with Gasteiger partial charge < -0.3 is 5.32 Å². The first-order chi connectivity index (χ1) is 10.0. The van der Waals surface area contributed by atoms with Crippen LogP contribution in [0.15, 0.2) is 41.6 Å². The zero-order valence-electron chi connectivity index (χ0n) is 12.0. The first-order valence-corrected chi connectivity index (χ1v) is 8.12. The summed E-state index contributed by atoms with van der Waals surface area (Å²) in [4.78, 5) is 8.00. The van der Waals surface area contributed by atoms with E-state index >= 15 is 0 Å². The monoisotopic (exact) mass is 306 g/mol. The van der Waals surface area contributed by atoms with Gasteiger partial charge in [-0.3, -0.25) is 0 Å². The maximum Gasteiger partial charge on any atom is 0.264 e. The van der Waals surface area contributed by atoms with Gasteiger partial charge in [-0.15, -0.1) is 0 Å². The summed E-state index contributed by atoms with van der Waals surface area (Å²) in [7, 11) is -3.69. The summed E-state index contributed by atoms with van der Waals surface area (Å²) in [5.74, 6) is 0.0639. The highest BCUT2D eigenvalue weighted by molar-refractivity contribution is 7.92. The number of anilines is 1. The van der Waals surface area contributed by atoms with Crippen LogP contribution in [0.3, 0.4) is 0 Å². The molecule has 0 aliphatic rings. The smallest absolute Gasteiger partial charge is 0.264 e. The summed E-state index contributed by atoms with van der Waals surface area (Å²) in [5.41, 5.74) is 1.68. The Kier molecular flexibility index (Phi) is 4.87. The second-order valence-corrected chi connectivity index (χ2v) is 6.15. The lowest BCUT2D eigenvalue weighted by atomic mass is 10.1. The van der Waals surface area contributed by atoms with E-state index in [9.17, 15) is 8.42 Å². The zero-order valence-corrected chi connectivity index (χ0v) is 12.8. The molecule has 0 saturated heterocycles. The van der Waals surface area contributed by atoms with E-state index in [0.717, 1.165) is 17.7 Å². The fraction of sp³-hybridized carbons (Fsp3) is 0.286. The molecule has 6 nitrogen and oxygen atoms in total. The molecule has 0 spiro atoms. The number of nitrogens with zero attached hydrogens (tertiary/aromatic N) is 2. The molecule has 0 fully saturated rings. The van der Waals surface area contributed by atoms with E-state index in [1.165, 1.54) is 12.4 Å². The zero-order chi connectivity index (χ0) is 15.3. The molecule has 2 N–H and O–H groups in total. The van der Waals surface area contributed by atoms with E-state index < -0.39 is 10.0 Å². The van der Waals surface area contributed by atoms with Gasteiger partial charge in [0.05, 0.1) is 4.90 Å². The topological polar surface area (TPSA) is 84.0 Å². The number of sulfonamides is 1. The highest BCUT2D eigenvalue weighted by atomic mass is 32.2. The Labute approximate surface area is 124 Å². The van der Waals surface area contributed by atoms with Crippen LogP contribution in [0.5, 0.6) is 0 Å². The third kappa shape index (κ3) is 3.77. The Morgan fingerprint density at radius 1 is 1.14 bits per heavy atom. The molecule has 7 heteroatoms. The van der Waals surface area contributed by atoms with Crippen molar-refractivity contribution in [2.45, 2.75) is 25.3 Å². The van der Waals surface area contributed by atoms with Crippen LogP contribution < -0.4 is 10.0 Å². The van der Waals surface area contributed by atoms with Crippen molar-refractivity contribution in [3.05, 3.63) is 47.8 Å². The van der Waals surface area contributed by atoms with Crippen molar-refractivity contribution in [3.8, 4) is 0 Å². The molecule has 112 valence electrons. The first kappa shape index (κ1) is 15.4. The number of aromatic nitrogens is 2. The van der Waals surface area contributed by atoms with Crippen LogP contribution in [-0.2, 0) is 16.6 Å². The lowest BCUT2D eigenvalue weighted by molar-refractivity contribution is 0.599. The highest BCUT2D eigenvalue weighted by Crippen LogP contribution is 2.20. The van der Waals surface area contributed by atoms with Gasteiger partial charge in [0.2, 0.25) is 5.95 Å². The molecule has 1 aromatic carbocycles. The predicted octanol–water partition coefficient (Wildman–Crippen LogP) is 1.70. The Hall–Kier alpha value is -1.99. The maximum atomic E-state index is 12.4. The number of hydrogen-bond donors (Lipinski definition) is 2. The second-order valence-electron chi connectivity index (χ2n) is 4.50. The minimum Gasteiger partial charge on any atom is -0.313 e. The molecular formula is C14H18N4O2S. The Morgan fingerprint density at radius 2 is 1.86 bits per heavy atom. The molecule has 0 atom stereocenters. The Balaban J connectivity index is 2.32. The van der Waals surface area contributed by atoms with Crippen LogP contribution >= 0.6 is 0 Å². The molecule has 0 bridgehead atoms. The average molecular weight is 306 g/mol. The van der Waals surface area contributed by atoms with Crippen LogP contribution in [0, 0.1) is 6.92 Å². The van der Waals surface area contributed by atoms with Crippen LogP contribution in [-0.4, -0.2) is 24.9 Å². The van der Waals surface area contributed by atoms with Gasteiger partial charge >= 0.3 is 0 Å². The number of hydrogen-bond acceptors (Lipinski definition) is 5. The molecule has 0 aliphatic carbocycles. The average Bonchev–Trinajstić information content (AvgIpc) is 2.46. The van der Waals surface area contributed by atoms with Gasteiger partial charge in [0.25, 0.3) is 10.0 Å². The van der Waals surface area contributed by atoms with E-state index in [1.54, 1.807) is 25.1 Å². The Bertz CT molecular complexity index is 702. The molecule has 0 aliphatic heterocycles. The fourth-order valence-electron chi connectivity index (χ4n) is 1.93. The third-order valence-electron chi connectivity index (χ3n) is 3.04. The summed E-state index contributed by atoms with van der Waals surface area (Å²) in [6.45, 7) is 5.26. The lowest BCUT2D eigenvalue weighted by Gasteiger charge is -2.12. The van der Waals surface area contributed by atoms with Crippen LogP contribution in [0.4, 0.5) is 5.95 Å². The van der Waals surface area contributed by atoms with Crippen LogP contribution in [0.25, 0.3) is 0 Å². The summed E-state index contributed by atoms with van der Waals surface area (Å²) in [5, 5.41) is 3.19. The van der Waals surface area contributed by atoms with Gasteiger partial charge in [0, 0.05) is 18.9 Å². The van der Waals surface area contributed by atoms with Crippen molar-refractivity contribution >= 4 is 16.0 Å². The summed E-state index contributed by atoms with van der Waals surface area (Å²) in [6, 6.07) is 6.85. The molecule has 0 amide bonds. The van der Waals surface area contributed by atoms with Crippen molar-refractivity contribution in [3.63, 3.8) is 0 Å². The molecule has 21 heavy (non-hydrogen) atoms. The normalized spacial score (nSPS) is 11.3. The maximum absolute atomic E-state index is 12.4. The largest absolute Gasteiger partial charge is 0.313 e. The van der Waals surface area contributed by atoms with Gasteiger partial charge in [-0.05, 0) is 36.7 Å². The van der Waals surface area contributed by atoms with Crippen molar-refractivity contribution in [1.29, 1.82) is 0 Å². The summed E-state index contributed by atoms with van der Waals surface area (Å²) >= 11 is 0. The fourth-order valence-corrected chi connectivity index (χ4v) is 3.18. The minimum absolute atomic E-state index is 0.0639. The molecule has 0 saturated carbocycles. The van der Waals surface area contributed by atoms with Crippen molar-refractivity contribution in [1.82, 2.24) is 15.3 Å². The SMILES string of the molecule is CCNCc1cccc(S(=O)(=O)Nc2ncccn2)c1C. The Morgan fingerprint density at radius 3 is 2.52 bits per heavy atom. The van der Waals surface area contributed by atoms with E-state index in [4.69, 9.17) is 0 Å². The highest BCUT2D eigenvalue weighted by Gasteiger charge is 2.19. The molecule has 1 aromatic heterocycles. The van der Waals surface area contributed by atoms with Crippen LogP contribution in [0.2, 0.25) is 0 Å².